The molecule has 0 unspecified atom stereocenters. The summed E-state index contributed by atoms with van der Waals surface area (Å²) >= 11 is 1.44. The summed E-state index contributed by atoms with van der Waals surface area (Å²) in [7, 11) is 0. The Bertz CT molecular complexity index is 768. The van der Waals surface area contributed by atoms with E-state index in [0.29, 0.717) is 22.9 Å². The SMILES string of the molecule is O=C(c1nc2c(s1)CCCN2C(=O)c1ccncc1)N1CCCC1. The average molecular weight is 342 g/mol. The lowest BCUT2D eigenvalue weighted by Gasteiger charge is -2.25. The highest BCUT2D eigenvalue weighted by Crippen LogP contribution is 2.33. The van der Waals surface area contributed by atoms with E-state index in [1.54, 1.807) is 29.4 Å². The van der Waals surface area contributed by atoms with Gasteiger partial charge in [0.15, 0.2) is 10.8 Å². The van der Waals surface area contributed by atoms with Gasteiger partial charge in [0.1, 0.15) is 0 Å². The monoisotopic (exact) mass is 342 g/mol. The fourth-order valence-electron chi connectivity index (χ4n) is 3.22. The number of carbonyl (C=O) groups excluding carboxylic acids is 2. The molecule has 0 spiro atoms. The van der Waals surface area contributed by atoms with Crippen molar-refractivity contribution in [3.05, 3.63) is 40.0 Å². The zero-order valence-corrected chi connectivity index (χ0v) is 14.1. The molecule has 2 aliphatic heterocycles. The summed E-state index contributed by atoms with van der Waals surface area (Å²) < 4.78 is 0. The van der Waals surface area contributed by atoms with Crippen molar-refractivity contribution in [2.75, 3.05) is 24.5 Å². The lowest BCUT2D eigenvalue weighted by molar-refractivity contribution is 0.0791. The van der Waals surface area contributed by atoms with Crippen LogP contribution in [0.5, 0.6) is 0 Å². The molecule has 0 N–H and O–H groups in total. The molecule has 0 saturated carbocycles. The highest BCUT2D eigenvalue weighted by Gasteiger charge is 2.30. The zero-order valence-electron chi connectivity index (χ0n) is 13.3. The maximum Gasteiger partial charge on any atom is 0.282 e. The van der Waals surface area contributed by atoms with Gasteiger partial charge in [0.25, 0.3) is 11.8 Å². The molecule has 2 amide bonds. The summed E-state index contributed by atoms with van der Waals surface area (Å²) in [5.74, 6) is 0.586. The second-order valence-corrected chi connectivity index (χ2v) is 7.14. The number of anilines is 1. The van der Waals surface area contributed by atoms with E-state index in [1.165, 1.54) is 11.3 Å². The Morgan fingerprint density at radius 3 is 2.50 bits per heavy atom. The van der Waals surface area contributed by atoms with Crippen molar-refractivity contribution in [3.8, 4) is 0 Å². The van der Waals surface area contributed by atoms with Crippen LogP contribution in [0.25, 0.3) is 0 Å². The van der Waals surface area contributed by atoms with E-state index in [0.717, 1.165) is 43.6 Å². The third kappa shape index (κ3) is 2.69. The van der Waals surface area contributed by atoms with Crippen molar-refractivity contribution in [1.29, 1.82) is 0 Å². The van der Waals surface area contributed by atoms with Crippen LogP contribution >= 0.6 is 11.3 Å². The number of thiazole rings is 1. The number of hydrogen-bond donors (Lipinski definition) is 0. The normalized spacial score (nSPS) is 17.0. The molecule has 2 aromatic rings. The first-order valence-electron chi connectivity index (χ1n) is 8.25. The van der Waals surface area contributed by atoms with E-state index in [4.69, 9.17) is 0 Å². The third-order valence-corrected chi connectivity index (χ3v) is 5.56. The van der Waals surface area contributed by atoms with E-state index in [9.17, 15) is 9.59 Å². The van der Waals surface area contributed by atoms with Crippen LogP contribution in [0.4, 0.5) is 5.82 Å². The van der Waals surface area contributed by atoms with Crippen LogP contribution < -0.4 is 4.90 Å². The van der Waals surface area contributed by atoms with Crippen LogP contribution in [0.15, 0.2) is 24.5 Å². The molecule has 7 heteroatoms. The Balaban J connectivity index is 1.63. The highest BCUT2D eigenvalue weighted by atomic mass is 32.1. The second kappa shape index (κ2) is 6.32. The molecule has 0 radical (unpaired) electrons. The Morgan fingerprint density at radius 1 is 1.00 bits per heavy atom. The number of amides is 2. The Morgan fingerprint density at radius 2 is 1.75 bits per heavy atom. The standard InChI is InChI=1S/C17H18N4O2S/c22-16(12-5-7-18-8-6-12)21-11-3-4-13-14(21)19-15(24-13)17(23)20-9-1-2-10-20/h5-8H,1-4,9-11H2. The van der Waals surface area contributed by atoms with Gasteiger partial charge in [-0.15, -0.1) is 11.3 Å². The number of hydrogen-bond acceptors (Lipinski definition) is 5. The van der Waals surface area contributed by atoms with Crippen molar-refractivity contribution in [2.45, 2.75) is 25.7 Å². The molecule has 4 rings (SSSR count). The van der Waals surface area contributed by atoms with E-state index in [2.05, 4.69) is 9.97 Å². The van der Waals surface area contributed by atoms with E-state index >= 15 is 0 Å². The smallest absolute Gasteiger partial charge is 0.282 e. The zero-order chi connectivity index (χ0) is 16.5. The lowest BCUT2D eigenvalue weighted by Crippen LogP contribution is -2.35. The van der Waals surface area contributed by atoms with Crippen LogP contribution in [-0.4, -0.2) is 46.3 Å². The molecule has 0 aliphatic carbocycles. The number of rotatable bonds is 2. The molecule has 124 valence electrons. The Kier molecular flexibility index (Phi) is 4.02. The number of likely N-dealkylation sites (tertiary alicyclic amines) is 1. The largest absolute Gasteiger partial charge is 0.337 e. The number of fused-ring (bicyclic) bond motifs is 1. The molecule has 0 bridgehead atoms. The number of carbonyl (C=O) groups is 2. The summed E-state index contributed by atoms with van der Waals surface area (Å²) in [5, 5.41) is 0.510. The minimum absolute atomic E-state index is 0.00297. The molecular formula is C17H18N4O2S. The van der Waals surface area contributed by atoms with Crippen molar-refractivity contribution in [1.82, 2.24) is 14.9 Å². The summed E-state index contributed by atoms with van der Waals surface area (Å²) in [5.41, 5.74) is 0.596. The van der Waals surface area contributed by atoms with Gasteiger partial charge in [0, 0.05) is 42.5 Å². The maximum atomic E-state index is 12.8. The van der Waals surface area contributed by atoms with Crippen LogP contribution in [-0.2, 0) is 6.42 Å². The molecular weight excluding hydrogens is 324 g/mol. The summed E-state index contributed by atoms with van der Waals surface area (Å²) in [4.78, 5) is 38.4. The highest BCUT2D eigenvalue weighted by molar-refractivity contribution is 7.14. The van der Waals surface area contributed by atoms with Crippen LogP contribution in [0.1, 0.15) is 44.3 Å². The quantitative estimate of drug-likeness (QED) is 0.840. The molecule has 0 atom stereocenters. The summed E-state index contributed by atoms with van der Waals surface area (Å²) in [6.45, 7) is 2.25. The van der Waals surface area contributed by atoms with Crippen molar-refractivity contribution in [2.24, 2.45) is 0 Å². The van der Waals surface area contributed by atoms with Gasteiger partial charge in [0.05, 0.1) is 0 Å². The van der Waals surface area contributed by atoms with Crippen LogP contribution in [0.3, 0.4) is 0 Å². The van der Waals surface area contributed by atoms with Crippen molar-refractivity contribution >= 4 is 29.0 Å². The van der Waals surface area contributed by atoms with Gasteiger partial charge in [-0.05, 0) is 37.8 Å². The molecule has 1 saturated heterocycles. The molecule has 2 aliphatic rings. The minimum atomic E-state index is -0.0798. The van der Waals surface area contributed by atoms with Crippen LogP contribution in [0, 0.1) is 0 Å². The first-order valence-corrected chi connectivity index (χ1v) is 9.06. The van der Waals surface area contributed by atoms with Gasteiger partial charge >= 0.3 is 0 Å². The average Bonchev–Trinajstić information content (AvgIpc) is 3.30. The predicted molar refractivity (Wildman–Crippen MR) is 91.5 cm³/mol. The summed E-state index contributed by atoms with van der Waals surface area (Å²) in [6.07, 6.45) is 7.11. The molecule has 4 heterocycles. The van der Waals surface area contributed by atoms with Crippen molar-refractivity contribution in [3.63, 3.8) is 0 Å². The van der Waals surface area contributed by atoms with Gasteiger partial charge in [-0.3, -0.25) is 19.5 Å². The van der Waals surface area contributed by atoms with Crippen LogP contribution in [0.2, 0.25) is 0 Å². The first kappa shape index (κ1) is 15.3. The fraction of sp³-hybridized carbons (Fsp3) is 0.412. The third-order valence-electron chi connectivity index (χ3n) is 4.47. The molecule has 2 aromatic heterocycles. The maximum absolute atomic E-state index is 12.8. The van der Waals surface area contributed by atoms with Gasteiger partial charge in [-0.25, -0.2) is 4.98 Å². The lowest BCUT2D eigenvalue weighted by atomic mass is 10.1. The molecule has 6 nitrogen and oxygen atoms in total. The Labute approximate surface area is 144 Å². The van der Waals surface area contributed by atoms with Gasteiger partial charge in [-0.1, -0.05) is 0 Å². The predicted octanol–water partition coefficient (Wildman–Crippen LogP) is 2.37. The Hall–Kier alpha value is -2.28. The van der Waals surface area contributed by atoms with Gasteiger partial charge < -0.3 is 4.90 Å². The van der Waals surface area contributed by atoms with E-state index < -0.39 is 0 Å². The number of nitrogens with zero attached hydrogens (tertiary/aromatic N) is 4. The van der Waals surface area contributed by atoms with E-state index in [1.807, 2.05) is 4.90 Å². The minimum Gasteiger partial charge on any atom is -0.337 e. The van der Waals surface area contributed by atoms with Crippen molar-refractivity contribution < 1.29 is 9.59 Å². The molecule has 1 fully saturated rings. The van der Waals surface area contributed by atoms with Gasteiger partial charge in [0.2, 0.25) is 0 Å². The number of aromatic nitrogens is 2. The fourth-order valence-corrected chi connectivity index (χ4v) is 4.29. The second-order valence-electron chi connectivity index (χ2n) is 6.06. The topological polar surface area (TPSA) is 66.4 Å². The molecule has 0 aromatic carbocycles. The number of pyridine rings is 1. The number of aryl methyl sites for hydroxylation is 1. The first-order chi connectivity index (χ1) is 11.7. The van der Waals surface area contributed by atoms with Gasteiger partial charge in [-0.2, -0.15) is 0 Å². The summed E-state index contributed by atoms with van der Waals surface area (Å²) in [6, 6.07) is 3.42. The molecule has 24 heavy (non-hydrogen) atoms. The van der Waals surface area contributed by atoms with E-state index in [-0.39, 0.29) is 11.8 Å².